The Balaban J connectivity index is 2.78. The maximum Gasteiger partial charge on any atom is 0.171 e. The van der Waals surface area contributed by atoms with E-state index in [9.17, 15) is 4.79 Å². The van der Waals surface area contributed by atoms with Gasteiger partial charge in [-0.05, 0) is 6.92 Å². The van der Waals surface area contributed by atoms with Gasteiger partial charge in [-0.25, -0.2) is 9.97 Å². The van der Waals surface area contributed by atoms with E-state index in [2.05, 4.69) is 15.3 Å². The third kappa shape index (κ3) is 1.59. The van der Waals surface area contributed by atoms with Crippen LogP contribution in [0.5, 0.6) is 0 Å². The molecule has 2 aromatic heterocycles. The van der Waals surface area contributed by atoms with Gasteiger partial charge in [0.25, 0.3) is 0 Å². The zero-order chi connectivity index (χ0) is 11.0. The Morgan fingerprint density at radius 1 is 1.53 bits per heavy atom. The predicted molar refractivity (Wildman–Crippen MR) is 61.7 cm³/mol. The van der Waals surface area contributed by atoms with Crippen molar-refractivity contribution in [3.63, 3.8) is 0 Å². The van der Waals surface area contributed by atoms with Crippen molar-refractivity contribution < 1.29 is 4.79 Å². The Morgan fingerprint density at radius 3 is 2.87 bits per heavy atom. The number of fused-ring (bicyclic) bond motifs is 1. The number of hydrogen-bond donors (Lipinski definition) is 1. The molecular weight excluding hydrogens is 210 g/mol. The van der Waals surface area contributed by atoms with Crippen LogP contribution < -0.4 is 5.32 Å². The Morgan fingerprint density at radius 2 is 2.27 bits per heavy atom. The first-order valence-corrected chi connectivity index (χ1v) is 5.40. The Bertz CT molecular complexity index is 533. The van der Waals surface area contributed by atoms with Gasteiger partial charge in [0.05, 0.1) is 16.3 Å². The lowest BCUT2D eigenvalue weighted by atomic mass is 10.3. The second-order valence-corrected chi connectivity index (χ2v) is 4.28. The topological polar surface area (TPSA) is 54.9 Å². The summed E-state index contributed by atoms with van der Waals surface area (Å²) in [5, 5.41) is 3.01. The highest BCUT2D eigenvalue weighted by atomic mass is 32.1. The molecular formula is C10H11N3OS. The van der Waals surface area contributed by atoms with E-state index in [1.807, 2.05) is 6.92 Å². The number of ketones is 1. The van der Waals surface area contributed by atoms with E-state index >= 15 is 0 Å². The van der Waals surface area contributed by atoms with Crippen molar-refractivity contribution in [1.29, 1.82) is 0 Å². The summed E-state index contributed by atoms with van der Waals surface area (Å²) >= 11 is 1.39. The molecule has 0 unspecified atom stereocenters. The van der Waals surface area contributed by atoms with Crippen LogP contribution in [0.2, 0.25) is 0 Å². The van der Waals surface area contributed by atoms with Crippen molar-refractivity contribution in [2.75, 3.05) is 12.4 Å². The number of nitrogens with zero attached hydrogens (tertiary/aromatic N) is 2. The molecule has 0 fully saturated rings. The zero-order valence-corrected chi connectivity index (χ0v) is 9.60. The molecule has 0 radical (unpaired) electrons. The molecule has 4 nitrogen and oxygen atoms in total. The van der Waals surface area contributed by atoms with Crippen LogP contribution >= 0.6 is 11.3 Å². The number of Topliss-reactive ketones (excluding diaryl/α,β-unsaturated/α-hetero) is 1. The summed E-state index contributed by atoms with van der Waals surface area (Å²) in [6, 6.07) is 0. The van der Waals surface area contributed by atoms with Crippen molar-refractivity contribution >= 4 is 33.2 Å². The number of aryl methyl sites for hydroxylation is 1. The van der Waals surface area contributed by atoms with Crippen molar-refractivity contribution in [1.82, 2.24) is 9.97 Å². The third-order valence-corrected chi connectivity index (χ3v) is 3.27. The SMILES string of the molecule is CNc1c(C(C)=O)sc2nc(C)cnc12. The molecule has 0 spiro atoms. The van der Waals surface area contributed by atoms with Gasteiger partial charge in [-0.2, -0.15) is 0 Å². The van der Waals surface area contributed by atoms with Gasteiger partial charge in [0.2, 0.25) is 0 Å². The molecule has 0 atom stereocenters. The van der Waals surface area contributed by atoms with Gasteiger partial charge in [-0.1, -0.05) is 0 Å². The molecule has 0 aliphatic rings. The monoisotopic (exact) mass is 221 g/mol. The van der Waals surface area contributed by atoms with E-state index in [-0.39, 0.29) is 5.78 Å². The summed E-state index contributed by atoms with van der Waals surface area (Å²) in [4.78, 5) is 21.5. The Kier molecular flexibility index (Phi) is 2.40. The maximum absolute atomic E-state index is 11.4. The van der Waals surface area contributed by atoms with Gasteiger partial charge in [-0.3, -0.25) is 4.79 Å². The number of carbonyl (C=O) groups excluding carboxylic acids is 1. The molecule has 0 aliphatic carbocycles. The lowest BCUT2D eigenvalue weighted by Gasteiger charge is -1.98. The number of carbonyl (C=O) groups is 1. The fourth-order valence-corrected chi connectivity index (χ4v) is 2.51. The van der Waals surface area contributed by atoms with E-state index in [0.717, 1.165) is 21.7 Å². The van der Waals surface area contributed by atoms with E-state index in [4.69, 9.17) is 0 Å². The minimum Gasteiger partial charge on any atom is -0.385 e. The molecule has 2 heterocycles. The van der Waals surface area contributed by atoms with E-state index in [0.29, 0.717) is 4.88 Å². The number of aromatic nitrogens is 2. The van der Waals surface area contributed by atoms with Crippen molar-refractivity contribution in [2.45, 2.75) is 13.8 Å². The first-order chi connectivity index (χ1) is 7.13. The largest absolute Gasteiger partial charge is 0.385 e. The van der Waals surface area contributed by atoms with Gasteiger partial charge >= 0.3 is 0 Å². The normalized spacial score (nSPS) is 10.6. The highest BCUT2D eigenvalue weighted by Crippen LogP contribution is 2.33. The first-order valence-electron chi connectivity index (χ1n) is 4.58. The van der Waals surface area contributed by atoms with Gasteiger partial charge in [-0.15, -0.1) is 11.3 Å². The fourth-order valence-electron chi connectivity index (χ4n) is 1.43. The van der Waals surface area contributed by atoms with Gasteiger partial charge < -0.3 is 5.32 Å². The maximum atomic E-state index is 11.4. The molecule has 15 heavy (non-hydrogen) atoms. The summed E-state index contributed by atoms with van der Waals surface area (Å²) in [6.07, 6.45) is 1.71. The highest BCUT2D eigenvalue weighted by Gasteiger charge is 2.16. The summed E-state index contributed by atoms with van der Waals surface area (Å²) in [5.41, 5.74) is 2.43. The van der Waals surface area contributed by atoms with Crippen molar-refractivity contribution in [2.24, 2.45) is 0 Å². The van der Waals surface area contributed by atoms with Gasteiger partial charge in [0.15, 0.2) is 5.78 Å². The number of hydrogen-bond acceptors (Lipinski definition) is 5. The van der Waals surface area contributed by atoms with Crippen molar-refractivity contribution in [3.05, 3.63) is 16.8 Å². The second kappa shape index (κ2) is 3.58. The van der Waals surface area contributed by atoms with E-state index < -0.39 is 0 Å². The van der Waals surface area contributed by atoms with Crippen LogP contribution in [-0.2, 0) is 0 Å². The number of rotatable bonds is 2. The first kappa shape index (κ1) is 10.0. The van der Waals surface area contributed by atoms with Crippen LogP contribution in [0.15, 0.2) is 6.20 Å². The van der Waals surface area contributed by atoms with Crippen LogP contribution in [-0.4, -0.2) is 22.8 Å². The minimum absolute atomic E-state index is 0.0433. The summed E-state index contributed by atoms with van der Waals surface area (Å²) in [6.45, 7) is 3.44. The van der Waals surface area contributed by atoms with E-state index in [1.165, 1.54) is 11.3 Å². The van der Waals surface area contributed by atoms with Gasteiger partial charge in [0, 0.05) is 20.2 Å². The van der Waals surface area contributed by atoms with Crippen molar-refractivity contribution in [3.8, 4) is 0 Å². The lowest BCUT2D eigenvalue weighted by molar-refractivity contribution is 0.102. The average molecular weight is 221 g/mol. The minimum atomic E-state index is 0.0433. The lowest BCUT2D eigenvalue weighted by Crippen LogP contribution is -1.96. The number of nitrogens with one attached hydrogen (secondary N) is 1. The molecule has 0 aliphatic heterocycles. The van der Waals surface area contributed by atoms with Gasteiger partial charge in [0.1, 0.15) is 10.3 Å². The summed E-state index contributed by atoms with van der Waals surface area (Å²) in [7, 11) is 1.79. The molecule has 0 amide bonds. The van der Waals surface area contributed by atoms with Crippen LogP contribution in [0.3, 0.4) is 0 Å². The van der Waals surface area contributed by atoms with Crippen LogP contribution in [0.1, 0.15) is 22.3 Å². The quantitative estimate of drug-likeness (QED) is 0.790. The fraction of sp³-hybridized carbons (Fsp3) is 0.300. The van der Waals surface area contributed by atoms with Crippen LogP contribution in [0, 0.1) is 6.92 Å². The zero-order valence-electron chi connectivity index (χ0n) is 8.79. The number of thiophene rings is 1. The molecule has 0 saturated carbocycles. The average Bonchev–Trinajstić information content (AvgIpc) is 2.55. The second-order valence-electron chi connectivity index (χ2n) is 3.28. The standard InChI is InChI=1S/C10H11N3OS/c1-5-4-12-8-7(11-3)9(6(2)14)15-10(8)13-5/h4,11H,1-3H3. The van der Waals surface area contributed by atoms with E-state index in [1.54, 1.807) is 20.2 Å². The molecule has 78 valence electrons. The Labute approximate surface area is 91.4 Å². The predicted octanol–water partition coefficient (Wildman–Crippen LogP) is 2.24. The van der Waals surface area contributed by atoms with Crippen LogP contribution in [0.25, 0.3) is 10.3 Å². The summed E-state index contributed by atoms with van der Waals surface area (Å²) < 4.78 is 0. The smallest absolute Gasteiger partial charge is 0.171 e. The number of anilines is 1. The molecule has 0 aromatic carbocycles. The Hall–Kier alpha value is -1.49. The van der Waals surface area contributed by atoms with Crippen LogP contribution in [0.4, 0.5) is 5.69 Å². The molecule has 2 rings (SSSR count). The summed E-state index contributed by atoms with van der Waals surface area (Å²) in [5.74, 6) is 0.0433. The molecule has 5 heteroatoms. The third-order valence-electron chi connectivity index (χ3n) is 2.09. The molecule has 0 saturated heterocycles. The highest BCUT2D eigenvalue weighted by molar-refractivity contribution is 7.21. The molecule has 1 N–H and O–H groups in total. The molecule has 0 bridgehead atoms. The molecule has 2 aromatic rings.